The van der Waals surface area contributed by atoms with Crippen LogP contribution in [0.3, 0.4) is 0 Å². The van der Waals surface area contributed by atoms with Crippen molar-refractivity contribution in [2.24, 2.45) is 0 Å². The van der Waals surface area contributed by atoms with Crippen molar-refractivity contribution in [3.8, 4) is 0 Å². The second-order valence-electron chi connectivity index (χ2n) is 6.04. The summed E-state index contributed by atoms with van der Waals surface area (Å²) in [7, 11) is -2.36. The summed E-state index contributed by atoms with van der Waals surface area (Å²) in [4.78, 5) is 0. The molecule has 0 unspecified atom stereocenters. The van der Waals surface area contributed by atoms with Gasteiger partial charge >= 0.3 is 8.32 Å². The molecule has 0 radical (unpaired) electrons. The zero-order chi connectivity index (χ0) is 15.3. The predicted octanol–water partition coefficient (Wildman–Crippen LogP) is 4.47. The van der Waals surface area contributed by atoms with Crippen LogP contribution in [-0.4, -0.2) is 8.32 Å². The number of rotatable bonds is 4. The standard InChI is InChI=1S/C18H21IOSi/c1-18(2,3)21(20-15-14-19,16-10-6-4-7-11-16)17-12-8-5-9-13-17/h4-15H,1-3H3. The number of benzene rings is 2. The van der Waals surface area contributed by atoms with Crippen molar-refractivity contribution >= 4 is 41.3 Å². The second-order valence-corrected chi connectivity index (χ2v) is 11.0. The Bertz CT molecular complexity index is 548. The molecule has 0 amide bonds. The third kappa shape index (κ3) is 3.24. The van der Waals surface area contributed by atoms with Gasteiger partial charge in [-0.3, -0.25) is 0 Å². The fourth-order valence-corrected chi connectivity index (χ4v) is 7.53. The lowest BCUT2D eigenvalue weighted by Crippen LogP contribution is -2.65. The molecule has 1 nitrogen and oxygen atoms in total. The minimum Gasteiger partial charge on any atom is -0.539 e. The van der Waals surface area contributed by atoms with Crippen molar-refractivity contribution in [2.45, 2.75) is 25.8 Å². The summed E-state index contributed by atoms with van der Waals surface area (Å²) in [6.45, 7) is 6.83. The number of hydrogen-bond acceptors (Lipinski definition) is 1. The molecular weight excluding hydrogens is 387 g/mol. The fourth-order valence-electron chi connectivity index (χ4n) is 2.82. The van der Waals surface area contributed by atoms with Crippen LogP contribution in [0.5, 0.6) is 0 Å². The third-order valence-corrected chi connectivity index (χ3v) is 8.90. The Kier molecular flexibility index (Phi) is 5.27. The lowest BCUT2D eigenvalue weighted by Gasteiger charge is -2.41. The Morgan fingerprint density at radius 3 is 1.62 bits per heavy atom. The van der Waals surface area contributed by atoms with Crippen molar-refractivity contribution in [1.29, 1.82) is 0 Å². The molecule has 0 spiro atoms. The van der Waals surface area contributed by atoms with Crippen LogP contribution in [0.25, 0.3) is 0 Å². The van der Waals surface area contributed by atoms with Crippen molar-refractivity contribution in [2.75, 3.05) is 0 Å². The van der Waals surface area contributed by atoms with Gasteiger partial charge in [0.1, 0.15) is 0 Å². The highest BCUT2D eigenvalue weighted by atomic mass is 127. The molecule has 0 atom stereocenters. The van der Waals surface area contributed by atoms with Crippen molar-refractivity contribution in [3.63, 3.8) is 0 Å². The minimum absolute atomic E-state index is 0.0336. The Hall–Kier alpha value is -1.07. The first-order valence-electron chi connectivity index (χ1n) is 7.06. The van der Waals surface area contributed by atoms with Gasteiger partial charge < -0.3 is 4.43 Å². The van der Waals surface area contributed by atoms with Gasteiger partial charge in [-0.2, -0.15) is 0 Å². The summed E-state index contributed by atoms with van der Waals surface area (Å²) in [5, 5.41) is 2.64. The lowest BCUT2D eigenvalue weighted by molar-refractivity contribution is 0.446. The van der Waals surface area contributed by atoms with Gasteiger partial charge in [-0.15, -0.1) is 0 Å². The minimum atomic E-state index is -2.36. The number of hydrogen-bond donors (Lipinski definition) is 0. The summed E-state index contributed by atoms with van der Waals surface area (Å²) in [5.41, 5.74) is 0. The normalized spacial score (nSPS) is 12.6. The van der Waals surface area contributed by atoms with Crippen molar-refractivity contribution in [3.05, 3.63) is 71.0 Å². The van der Waals surface area contributed by atoms with E-state index in [9.17, 15) is 0 Å². The van der Waals surface area contributed by atoms with E-state index in [2.05, 4.69) is 104 Å². The molecule has 0 aliphatic carbocycles. The summed E-state index contributed by atoms with van der Waals surface area (Å²) < 4.78 is 8.41. The zero-order valence-corrected chi connectivity index (χ0v) is 15.9. The quantitative estimate of drug-likeness (QED) is 0.412. The summed E-state index contributed by atoms with van der Waals surface area (Å²) in [6.07, 6.45) is 1.85. The Labute approximate surface area is 142 Å². The average molecular weight is 408 g/mol. The molecule has 2 rings (SSSR count). The van der Waals surface area contributed by atoms with E-state index < -0.39 is 8.32 Å². The first kappa shape index (κ1) is 16.3. The van der Waals surface area contributed by atoms with E-state index >= 15 is 0 Å². The van der Waals surface area contributed by atoms with Crippen LogP contribution in [0, 0.1) is 0 Å². The molecule has 2 aromatic rings. The lowest BCUT2D eigenvalue weighted by atomic mass is 10.2. The van der Waals surface area contributed by atoms with Gasteiger partial charge in [0.25, 0.3) is 0 Å². The van der Waals surface area contributed by atoms with Gasteiger partial charge in [0, 0.05) is 4.08 Å². The smallest absolute Gasteiger partial charge is 0.319 e. The second kappa shape index (κ2) is 6.79. The van der Waals surface area contributed by atoms with Crippen molar-refractivity contribution < 1.29 is 4.43 Å². The summed E-state index contributed by atoms with van der Waals surface area (Å²) in [5.74, 6) is 0. The molecule has 0 saturated carbocycles. The largest absolute Gasteiger partial charge is 0.539 e. The first-order valence-corrected chi connectivity index (χ1v) is 10.2. The molecule has 110 valence electrons. The van der Waals surface area contributed by atoms with Gasteiger partial charge in [0.2, 0.25) is 0 Å². The Balaban J connectivity index is 2.72. The molecule has 21 heavy (non-hydrogen) atoms. The fraction of sp³-hybridized carbons (Fsp3) is 0.222. The van der Waals surface area contributed by atoms with E-state index in [0.717, 1.165) is 0 Å². The van der Waals surface area contributed by atoms with Gasteiger partial charge in [0.15, 0.2) is 0 Å². The highest BCUT2D eigenvalue weighted by molar-refractivity contribution is 14.1. The molecule has 0 aliphatic heterocycles. The van der Waals surface area contributed by atoms with Crippen LogP contribution >= 0.6 is 22.6 Å². The van der Waals surface area contributed by atoms with Crippen LogP contribution in [-0.2, 0) is 4.43 Å². The zero-order valence-electron chi connectivity index (χ0n) is 12.7. The molecule has 0 bridgehead atoms. The van der Waals surface area contributed by atoms with E-state index in [1.807, 2.05) is 10.3 Å². The SMILES string of the molecule is CC(C)(C)[Si](OC=CI)(c1ccccc1)c1ccccc1. The molecule has 0 heterocycles. The molecule has 0 fully saturated rings. The van der Waals surface area contributed by atoms with Crippen LogP contribution in [0.2, 0.25) is 5.04 Å². The molecule has 2 aromatic carbocycles. The topological polar surface area (TPSA) is 9.23 Å². The molecule has 0 N–H and O–H groups in total. The van der Waals surface area contributed by atoms with E-state index in [-0.39, 0.29) is 5.04 Å². The van der Waals surface area contributed by atoms with Crippen molar-refractivity contribution in [1.82, 2.24) is 0 Å². The monoisotopic (exact) mass is 408 g/mol. The van der Waals surface area contributed by atoms with Gasteiger partial charge in [0.05, 0.1) is 6.26 Å². The Morgan fingerprint density at radius 1 is 0.857 bits per heavy atom. The number of halogens is 1. The van der Waals surface area contributed by atoms with Crippen LogP contribution < -0.4 is 10.4 Å². The molecule has 0 aromatic heterocycles. The van der Waals surface area contributed by atoms with E-state index in [4.69, 9.17) is 4.43 Å². The molecule has 0 aliphatic rings. The maximum atomic E-state index is 6.47. The van der Waals surface area contributed by atoms with Crippen LogP contribution in [0.4, 0.5) is 0 Å². The molecular formula is C18H21IOSi. The molecule has 0 saturated heterocycles. The van der Waals surface area contributed by atoms with E-state index in [1.54, 1.807) is 0 Å². The van der Waals surface area contributed by atoms with Crippen LogP contribution in [0.1, 0.15) is 20.8 Å². The molecule has 3 heteroatoms. The first-order chi connectivity index (χ1) is 10.0. The summed E-state index contributed by atoms with van der Waals surface area (Å²) in [6, 6.07) is 21.3. The van der Waals surface area contributed by atoms with Gasteiger partial charge in [-0.1, -0.05) is 81.4 Å². The van der Waals surface area contributed by atoms with Gasteiger partial charge in [-0.05, 0) is 38.0 Å². The maximum Gasteiger partial charge on any atom is 0.319 e. The third-order valence-electron chi connectivity index (χ3n) is 3.71. The van der Waals surface area contributed by atoms with Gasteiger partial charge in [-0.25, -0.2) is 0 Å². The summed E-state index contributed by atoms with van der Waals surface area (Å²) >= 11 is 2.21. The van der Waals surface area contributed by atoms with E-state index in [0.29, 0.717) is 0 Å². The average Bonchev–Trinajstić information content (AvgIpc) is 2.49. The van der Waals surface area contributed by atoms with Crippen LogP contribution in [0.15, 0.2) is 71.0 Å². The highest BCUT2D eigenvalue weighted by Crippen LogP contribution is 2.36. The van der Waals surface area contributed by atoms with E-state index in [1.165, 1.54) is 10.4 Å². The highest BCUT2D eigenvalue weighted by Gasteiger charge is 2.51. The predicted molar refractivity (Wildman–Crippen MR) is 102 cm³/mol. The maximum absolute atomic E-state index is 6.47. The Morgan fingerprint density at radius 2 is 1.29 bits per heavy atom.